The van der Waals surface area contributed by atoms with Gasteiger partial charge in [-0.15, -0.1) is 0 Å². The molecule has 0 spiro atoms. The molecular weight excluding hydrogens is 558 g/mol. The zero-order chi connectivity index (χ0) is 30.6. The van der Waals surface area contributed by atoms with E-state index >= 15 is 0 Å². The molecule has 0 bridgehead atoms. The first-order valence-corrected chi connectivity index (χ1v) is 15.8. The van der Waals surface area contributed by atoms with Gasteiger partial charge in [-0.25, -0.2) is 0 Å². The number of anilines is 2. The fourth-order valence-electron chi connectivity index (χ4n) is 7.24. The van der Waals surface area contributed by atoms with Crippen molar-refractivity contribution in [1.82, 2.24) is 9.13 Å². The highest BCUT2D eigenvalue weighted by Crippen LogP contribution is 2.39. The first-order chi connectivity index (χ1) is 22.8. The quantitative estimate of drug-likeness (QED) is 0.200. The minimum atomic E-state index is 0.747. The highest BCUT2D eigenvalue weighted by Gasteiger charge is 2.20. The summed E-state index contributed by atoms with van der Waals surface area (Å²) in [5.41, 5.74) is 11.4. The number of allylic oxidation sites excluding steroid dienone is 4. The largest absolute Gasteiger partial charge is 0.311 e. The number of rotatable bonds is 3. The van der Waals surface area contributed by atoms with Crippen LogP contribution in [0.1, 0.15) is 5.56 Å². The number of fused-ring (bicyclic) bond motifs is 7. The Kier molecular flexibility index (Phi) is 6.04. The van der Waals surface area contributed by atoms with Gasteiger partial charge in [-0.3, -0.25) is 0 Å². The number of hydrogen-bond acceptors (Lipinski definition) is 1. The fraction of sp³-hybridized carbons (Fsp3) is 0.0233. The summed E-state index contributed by atoms with van der Waals surface area (Å²) in [7, 11) is 0. The molecule has 218 valence electrons. The van der Waals surface area contributed by atoms with Crippen molar-refractivity contribution in [2.45, 2.75) is 6.42 Å². The van der Waals surface area contributed by atoms with Crippen LogP contribution >= 0.6 is 0 Å². The van der Waals surface area contributed by atoms with Gasteiger partial charge in [0, 0.05) is 50.0 Å². The summed E-state index contributed by atoms with van der Waals surface area (Å²) >= 11 is 0. The van der Waals surface area contributed by atoms with Crippen LogP contribution in [0.5, 0.6) is 0 Å². The maximum absolute atomic E-state index is 4.61. The predicted octanol–water partition coefficient (Wildman–Crippen LogP) is 11.2. The molecule has 3 heteroatoms. The van der Waals surface area contributed by atoms with Crippen LogP contribution in [0.4, 0.5) is 11.4 Å². The molecule has 0 aliphatic carbocycles. The molecule has 0 N–H and O–H groups in total. The van der Waals surface area contributed by atoms with Crippen molar-refractivity contribution >= 4 is 60.7 Å². The molecule has 0 radical (unpaired) electrons. The Balaban J connectivity index is 1.29. The molecule has 0 amide bonds. The number of aromatic nitrogens is 2. The second kappa shape index (κ2) is 10.5. The van der Waals surface area contributed by atoms with E-state index in [0.717, 1.165) is 34.9 Å². The molecule has 0 saturated carbocycles. The molecule has 3 nitrogen and oxygen atoms in total. The number of hydrogen-bond donors (Lipinski definition) is 0. The van der Waals surface area contributed by atoms with Crippen molar-refractivity contribution in [3.8, 4) is 5.69 Å². The molecule has 8 aromatic rings. The molecular formula is C43H31N3. The van der Waals surface area contributed by atoms with E-state index in [4.69, 9.17) is 0 Å². The molecule has 3 heterocycles. The van der Waals surface area contributed by atoms with E-state index < -0.39 is 0 Å². The van der Waals surface area contributed by atoms with Crippen LogP contribution in [0, 0.1) is 0 Å². The normalized spacial score (nSPS) is 15.4. The summed E-state index contributed by atoms with van der Waals surface area (Å²) in [4.78, 5) is 2.28. The van der Waals surface area contributed by atoms with Crippen molar-refractivity contribution in [1.29, 1.82) is 0 Å². The van der Waals surface area contributed by atoms with Crippen LogP contribution in [0.3, 0.4) is 0 Å². The van der Waals surface area contributed by atoms with E-state index in [1.165, 1.54) is 49.2 Å². The molecule has 46 heavy (non-hydrogen) atoms. The van der Waals surface area contributed by atoms with Crippen molar-refractivity contribution in [3.05, 3.63) is 182 Å². The van der Waals surface area contributed by atoms with Gasteiger partial charge in [0.15, 0.2) is 0 Å². The lowest BCUT2D eigenvalue weighted by Crippen LogP contribution is -2.16. The molecule has 1 aliphatic heterocycles. The van der Waals surface area contributed by atoms with Gasteiger partial charge in [0.25, 0.3) is 0 Å². The Morgan fingerprint density at radius 2 is 0.957 bits per heavy atom. The summed E-state index contributed by atoms with van der Waals surface area (Å²) in [6.45, 7) is 4.61. The van der Waals surface area contributed by atoms with Crippen LogP contribution in [-0.4, -0.2) is 9.13 Å². The smallest absolute Gasteiger partial charge is 0.0541 e. The molecule has 0 atom stereocenters. The monoisotopic (exact) mass is 589 g/mol. The Labute approximate surface area is 267 Å². The summed E-state index contributed by atoms with van der Waals surface area (Å²) in [5, 5.41) is 5.04. The van der Waals surface area contributed by atoms with E-state index in [9.17, 15) is 0 Å². The lowest BCUT2D eigenvalue weighted by molar-refractivity contribution is 1.12. The Hall–Kier alpha value is -6.06. The fourth-order valence-corrected chi connectivity index (χ4v) is 7.24. The Morgan fingerprint density at radius 3 is 1.52 bits per heavy atom. The zero-order valence-corrected chi connectivity index (χ0v) is 25.3. The average molecular weight is 590 g/mol. The van der Waals surface area contributed by atoms with Crippen LogP contribution in [0.15, 0.2) is 176 Å². The molecule has 9 rings (SSSR count). The second-order valence-corrected chi connectivity index (χ2v) is 11.9. The molecule has 0 fully saturated rings. The van der Waals surface area contributed by atoms with E-state index in [0.29, 0.717) is 0 Å². The standard InChI is InChI=1S/C43H31N3/c1-30-23-25-33(45-40-19-9-5-15-35(40)36-16-6-10-20-41(36)45)26-24-31-29-34(27-28-39(31)44(30)32-13-3-2-4-14-32)46-42-21-11-7-17-37(42)38-18-8-12-22-43(38)46/h2-23,25-29H,1,24H2/b25-23-,33-26+. The molecule has 1 aliphatic rings. The van der Waals surface area contributed by atoms with Crippen molar-refractivity contribution in [2.75, 3.05) is 4.90 Å². The van der Waals surface area contributed by atoms with Gasteiger partial charge in [-0.2, -0.15) is 0 Å². The van der Waals surface area contributed by atoms with Gasteiger partial charge in [0.2, 0.25) is 0 Å². The summed E-state index contributed by atoms with van der Waals surface area (Å²) in [5.74, 6) is 0. The third-order valence-corrected chi connectivity index (χ3v) is 9.26. The van der Waals surface area contributed by atoms with Gasteiger partial charge in [-0.1, -0.05) is 104 Å². The summed E-state index contributed by atoms with van der Waals surface area (Å²) in [6, 6.07) is 52.2. The maximum Gasteiger partial charge on any atom is 0.0541 e. The van der Waals surface area contributed by atoms with Crippen LogP contribution in [0.25, 0.3) is 55.0 Å². The van der Waals surface area contributed by atoms with Crippen LogP contribution in [0.2, 0.25) is 0 Å². The Bertz CT molecular complexity index is 2420. The predicted molar refractivity (Wildman–Crippen MR) is 195 cm³/mol. The number of nitrogens with zero attached hydrogens (tertiary/aromatic N) is 3. The third kappa shape index (κ3) is 4.06. The van der Waals surface area contributed by atoms with E-state index in [1.807, 2.05) is 0 Å². The van der Waals surface area contributed by atoms with Gasteiger partial charge >= 0.3 is 0 Å². The first-order valence-electron chi connectivity index (χ1n) is 15.8. The van der Waals surface area contributed by atoms with Gasteiger partial charge < -0.3 is 14.0 Å². The average Bonchev–Trinajstić information content (AvgIpc) is 3.64. The molecule has 0 saturated heterocycles. The lowest BCUT2D eigenvalue weighted by atomic mass is 10.1. The van der Waals surface area contributed by atoms with Crippen LogP contribution in [-0.2, 0) is 6.42 Å². The zero-order valence-electron chi connectivity index (χ0n) is 25.3. The van der Waals surface area contributed by atoms with Gasteiger partial charge in [0.1, 0.15) is 0 Å². The summed E-state index contributed by atoms with van der Waals surface area (Å²) < 4.78 is 4.79. The van der Waals surface area contributed by atoms with E-state index in [-0.39, 0.29) is 0 Å². The summed E-state index contributed by atoms with van der Waals surface area (Å²) in [6.07, 6.45) is 7.48. The topological polar surface area (TPSA) is 13.1 Å². The molecule has 6 aromatic carbocycles. The molecule has 0 unspecified atom stereocenters. The maximum atomic E-state index is 4.61. The highest BCUT2D eigenvalue weighted by molar-refractivity contribution is 6.11. The first kappa shape index (κ1) is 26.4. The van der Waals surface area contributed by atoms with E-state index in [1.54, 1.807) is 0 Å². The minimum absolute atomic E-state index is 0.747. The Morgan fingerprint density at radius 1 is 0.457 bits per heavy atom. The number of para-hydroxylation sites is 5. The molecule has 2 aromatic heterocycles. The van der Waals surface area contributed by atoms with Crippen molar-refractivity contribution in [2.24, 2.45) is 0 Å². The third-order valence-electron chi connectivity index (χ3n) is 9.26. The second-order valence-electron chi connectivity index (χ2n) is 11.9. The van der Waals surface area contributed by atoms with Crippen LogP contribution < -0.4 is 4.90 Å². The van der Waals surface area contributed by atoms with Crippen molar-refractivity contribution in [3.63, 3.8) is 0 Å². The van der Waals surface area contributed by atoms with E-state index in [2.05, 4.69) is 184 Å². The van der Waals surface area contributed by atoms with Crippen molar-refractivity contribution < 1.29 is 0 Å². The lowest BCUT2D eigenvalue weighted by Gasteiger charge is -2.28. The minimum Gasteiger partial charge on any atom is -0.311 e. The number of benzene rings is 6. The van der Waals surface area contributed by atoms with Gasteiger partial charge in [-0.05, 0) is 78.7 Å². The highest BCUT2D eigenvalue weighted by atomic mass is 15.1. The SMILES string of the molecule is C=C1/C=C\C(n2c3ccccc3c3ccccc32)=C/Cc2cc(-n3c4ccccc4c4ccccc43)ccc2N1c1ccccc1. The van der Waals surface area contributed by atoms with Gasteiger partial charge in [0.05, 0.1) is 22.1 Å².